The lowest BCUT2D eigenvalue weighted by Crippen LogP contribution is -2.40. The van der Waals surface area contributed by atoms with Gasteiger partial charge in [-0.25, -0.2) is 13.2 Å². The van der Waals surface area contributed by atoms with Gasteiger partial charge in [0.2, 0.25) is 10.0 Å². The van der Waals surface area contributed by atoms with Crippen LogP contribution in [0.3, 0.4) is 0 Å². The van der Waals surface area contributed by atoms with Gasteiger partial charge in [0.25, 0.3) is 5.91 Å². The average molecular weight is 492 g/mol. The van der Waals surface area contributed by atoms with Gasteiger partial charge in [0.15, 0.2) is 6.61 Å². The molecule has 3 rings (SSSR count). The number of nitriles is 1. The molecule has 0 spiro atoms. The Morgan fingerprint density at radius 3 is 2.52 bits per heavy atom. The van der Waals surface area contributed by atoms with Gasteiger partial charge < -0.3 is 14.4 Å². The summed E-state index contributed by atoms with van der Waals surface area (Å²) in [6, 6.07) is 14.4. The maximum atomic E-state index is 12.9. The van der Waals surface area contributed by atoms with Gasteiger partial charge in [0.05, 0.1) is 41.2 Å². The van der Waals surface area contributed by atoms with Crippen molar-refractivity contribution in [3.8, 4) is 6.07 Å². The number of para-hydroxylation sites is 1. The first-order valence-electron chi connectivity index (χ1n) is 10.1. The van der Waals surface area contributed by atoms with Crippen LogP contribution < -0.4 is 4.90 Å². The van der Waals surface area contributed by atoms with E-state index in [-0.39, 0.29) is 54.8 Å². The summed E-state index contributed by atoms with van der Waals surface area (Å²) in [6.07, 6.45) is 0.0991. The molecule has 0 radical (unpaired) electrons. The van der Waals surface area contributed by atoms with E-state index in [1.807, 2.05) is 6.07 Å². The van der Waals surface area contributed by atoms with Crippen LogP contribution in [0.15, 0.2) is 53.4 Å². The Kier molecular flexibility index (Phi) is 8.41. The highest BCUT2D eigenvalue weighted by atomic mass is 35.5. The number of ether oxygens (including phenoxy) is 2. The van der Waals surface area contributed by atoms with Crippen LogP contribution in [0.25, 0.3) is 0 Å². The van der Waals surface area contributed by atoms with Crippen LogP contribution in [-0.2, 0) is 24.3 Å². The fourth-order valence-corrected chi connectivity index (χ4v) is 4.84. The number of hydrogen-bond donors (Lipinski definition) is 0. The zero-order valence-electron chi connectivity index (χ0n) is 17.6. The van der Waals surface area contributed by atoms with E-state index >= 15 is 0 Å². The van der Waals surface area contributed by atoms with Gasteiger partial charge in [-0.3, -0.25) is 4.79 Å². The van der Waals surface area contributed by atoms with E-state index in [1.165, 1.54) is 21.3 Å². The van der Waals surface area contributed by atoms with E-state index in [4.69, 9.17) is 26.3 Å². The molecule has 0 atom stereocenters. The van der Waals surface area contributed by atoms with Gasteiger partial charge in [-0.05, 0) is 30.3 Å². The minimum Gasteiger partial charge on any atom is -0.452 e. The molecule has 33 heavy (non-hydrogen) atoms. The number of esters is 1. The normalized spacial score (nSPS) is 14.3. The fourth-order valence-electron chi connectivity index (χ4n) is 3.21. The van der Waals surface area contributed by atoms with Gasteiger partial charge in [0, 0.05) is 25.3 Å². The standard InChI is InChI=1S/C22H22ClN3O6S/c23-20-8-7-18(33(29,30)25-11-13-31-14-12-25)15-19(20)22(28)32-16-21(27)26(10-4-9-24)17-5-2-1-3-6-17/h1-3,5-8,15H,4,10-14,16H2. The zero-order valence-corrected chi connectivity index (χ0v) is 19.2. The Hall–Kier alpha value is -2.97. The quantitative estimate of drug-likeness (QED) is 0.520. The highest BCUT2D eigenvalue weighted by Gasteiger charge is 2.28. The van der Waals surface area contributed by atoms with Crippen molar-refractivity contribution in [2.24, 2.45) is 0 Å². The number of benzene rings is 2. The van der Waals surface area contributed by atoms with E-state index in [2.05, 4.69) is 0 Å². The van der Waals surface area contributed by atoms with Crippen molar-refractivity contribution < 1.29 is 27.5 Å². The topological polar surface area (TPSA) is 117 Å². The number of halogens is 1. The number of carbonyl (C=O) groups excluding carboxylic acids is 2. The monoisotopic (exact) mass is 491 g/mol. The van der Waals surface area contributed by atoms with Crippen LogP contribution in [0.4, 0.5) is 5.69 Å². The molecular weight excluding hydrogens is 470 g/mol. The second kappa shape index (κ2) is 11.2. The highest BCUT2D eigenvalue weighted by Crippen LogP contribution is 2.24. The maximum absolute atomic E-state index is 12.9. The number of morpholine rings is 1. The van der Waals surface area contributed by atoms with Crippen LogP contribution in [0.5, 0.6) is 0 Å². The molecule has 0 saturated carbocycles. The SMILES string of the molecule is N#CCCN(C(=O)COC(=O)c1cc(S(=O)(=O)N2CCOCC2)ccc1Cl)c1ccccc1. The number of rotatable bonds is 8. The largest absolute Gasteiger partial charge is 0.452 e. The number of carbonyl (C=O) groups is 2. The molecule has 0 bridgehead atoms. The summed E-state index contributed by atoms with van der Waals surface area (Å²) in [5.74, 6) is -1.46. The van der Waals surface area contributed by atoms with Gasteiger partial charge in [-0.1, -0.05) is 29.8 Å². The molecule has 9 nitrogen and oxygen atoms in total. The summed E-state index contributed by atoms with van der Waals surface area (Å²) >= 11 is 6.11. The van der Waals surface area contributed by atoms with E-state index in [0.29, 0.717) is 5.69 Å². The minimum atomic E-state index is -3.84. The molecule has 2 aromatic carbocycles. The average Bonchev–Trinajstić information content (AvgIpc) is 2.84. The van der Waals surface area contributed by atoms with Crippen molar-refractivity contribution in [1.29, 1.82) is 5.26 Å². The highest BCUT2D eigenvalue weighted by molar-refractivity contribution is 7.89. The third-order valence-corrected chi connectivity index (χ3v) is 7.13. The Morgan fingerprint density at radius 2 is 1.85 bits per heavy atom. The molecule has 0 aromatic heterocycles. The molecule has 2 aromatic rings. The molecule has 1 aliphatic heterocycles. The lowest BCUT2D eigenvalue weighted by Gasteiger charge is -2.26. The lowest BCUT2D eigenvalue weighted by molar-refractivity contribution is -0.121. The number of anilines is 1. The summed E-state index contributed by atoms with van der Waals surface area (Å²) in [5, 5.41) is 8.88. The predicted octanol–water partition coefficient (Wildman–Crippen LogP) is 2.46. The van der Waals surface area contributed by atoms with Crippen molar-refractivity contribution in [3.05, 3.63) is 59.1 Å². The Balaban J connectivity index is 1.73. The Morgan fingerprint density at radius 1 is 1.15 bits per heavy atom. The molecule has 0 unspecified atom stereocenters. The zero-order chi connectivity index (χ0) is 23.8. The first-order chi connectivity index (χ1) is 15.8. The Bertz CT molecular complexity index is 1140. The van der Waals surface area contributed by atoms with Crippen LogP contribution in [-0.4, -0.2) is 64.1 Å². The van der Waals surface area contributed by atoms with Crippen LogP contribution >= 0.6 is 11.6 Å². The summed E-state index contributed by atoms with van der Waals surface area (Å²) in [6.45, 7) is 0.510. The fraction of sp³-hybridized carbons (Fsp3) is 0.318. The number of nitrogens with zero attached hydrogens (tertiary/aromatic N) is 3. The summed E-state index contributed by atoms with van der Waals surface area (Å²) < 4.78 is 37.3. The van der Waals surface area contributed by atoms with E-state index in [9.17, 15) is 18.0 Å². The van der Waals surface area contributed by atoms with Crippen molar-refractivity contribution in [3.63, 3.8) is 0 Å². The molecule has 0 aliphatic carbocycles. The molecule has 1 heterocycles. The van der Waals surface area contributed by atoms with Gasteiger partial charge >= 0.3 is 5.97 Å². The molecule has 1 fully saturated rings. The maximum Gasteiger partial charge on any atom is 0.340 e. The van der Waals surface area contributed by atoms with Crippen molar-refractivity contribution >= 4 is 39.2 Å². The van der Waals surface area contributed by atoms with Gasteiger partial charge in [-0.2, -0.15) is 9.57 Å². The minimum absolute atomic E-state index is 0.00206. The summed E-state index contributed by atoms with van der Waals surface area (Å²) in [7, 11) is -3.84. The number of sulfonamides is 1. The molecule has 0 N–H and O–H groups in total. The Labute approximate surface area is 197 Å². The third kappa shape index (κ3) is 6.09. The van der Waals surface area contributed by atoms with Gasteiger partial charge in [0.1, 0.15) is 0 Å². The second-order valence-corrected chi connectivity index (χ2v) is 9.37. The predicted molar refractivity (Wildman–Crippen MR) is 120 cm³/mol. The summed E-state index contributed by atoms with van der Waals surface area (Å²) in [5.41, 5.74) is 0.396. The van der Waals surface area contributed by atoms with Crippen molar-refractivity contribution in [2.45, 2.75) is 11.3 Å². The first kappa shape index (κ1) is 24.7. The molecule has 1 saturated heterocycles. The van der Waals surface area contributed by atoms with E-state index in [0.717, 1.165) is 6.07 Å². The van der Waals surface area contributed by atoms with Crippen LogP contribution in [0.1, 0.15) is 16.8 Å². The summed E-state index contributed by atoms with van der Waals surface area (Å²) in [4.78, 5) is 26.6. The van der Waals surface area contributed by atoms with E-state index in [1.54, 1.807) is 30.3 Å². The number of amides is 1. The molecular formula is C22H22ClN3O6S. The van der Waals surface area contributed by atoms with E-state index < -0.39 is 28.5 Å². The van der Waals surface area contributed by atoms with Crippen LogP contribution in [0, 0.1) is 11.3 Å². The van der Waals surface area contributed by atoms with Gasteiger partial charge in [-0.15, -0.1) is 0 Å². The molecule has 1 amide bonds. The van der Waals surface area contributed by atoms with Crippen molar-refractivity contribution in [1.82, 2.24) is 4.31 Å². The first-order valence-corrected chi connectivity index (χ1v) is 11.9. The second-order valence-electron chi connectivity index (χ2n) is 7.02. The molecule has 1 aliphatic rings. The third-order valence-electron chi connectivity index (χ3n) is 4.91. The smallest absolute Gasteiger partial charge is 0.340 e. The van der Waals surface area contributed by atoms with Crippen LogP contribution in [0.2, 0.25) is 5.02 Å². The molecule has 11 heteroatoms. The number of hydrogen-bond acceptors (Lipinski definition) is 7. The molecule has 174 valence electrons. The van der Waals surface area contributed by atoms with Crippen molar-refractivity contribution in [2.75, 3.05) is 44.4 Å². The lowest BCUT2D eigenvalue weighted by atomic mass is 10.2.